The lowest BCUT2D eigenvalue weighted by Crippen LogP contribution is -1.93. The van der Waals surface area contributed by atoms with Crippen LogP contribution in [0.5, 0.6) is 0 Å². The van der Waals surface area contributed by atoms with Crippen molar-refractivity contribution < 1.29 is 8.83 Å². The van der Waals surface area contributed by atoms with Crippen LogP contribution in [-0.4, -0.2) is 9.97 Å². The largest absolute Gasteiger partial charge is 0.456 e. The van der Waals surface area contributed by atoms with Crippen LogP contribution < -0.4 is 0 Å². The molecule has 0 saturated heterocycles. The predicted molar refractivity (Wildman–Crippen MR) is 197 cm³/mol. The Labute approximate surface area is 273 Å². The van der Waals surface area contributed by atoms with Crippen molar-refractivity contribution in [1.82, 2.24) is 9.97 Å². The van der Waals surface area contributed by atoms with E-state index in [0.717, 1.165) is 98.8 Å². The summed E-state index contributed by atoms with van der Waals surface area (Å²) >= 11 is 0. The summed E-state index contributed by atoms with van der Waals surface area (Å²) in [6.07, 6.45) is 1.92. The van der Waals surface area contributed by atoms with Crippen molar-refractivity contribution >= 4 is 87.2 Å². The minimum atomic E-state index is 0.830. The van der Waals surface area contributed by atoms with Gasteiger partial charge in [0.2, 0.25) is 0 Å². The van der Waals surface area contributed by atoms with Gasteiger partial charge in [-0.05, 0) is 45.3 Å². The number of nitrogens with zero attached hydrogens (tertiary/aromatic N) is 2. The minimum absolute atomic E-state index is 0.830. The summed E-state index contributed by atoms with van der Waals surface area (Å²) in [6.45, 7) is 0. The van der Waals surface area contributed by atoms with Crippen LogP contribution >= 0.6 is 0 Å². The smallest absolute Gasteiger partial charge is 0.147 e. The maximum atomic E-state index is 6.82. The van der Waals surface area contributed by atoms with Crippen molar-refractivity contribution in [2.45, 2.75) is 0 Å². The van der Waals surface area contributed by atoms with Gasteiger partial charge in [-0.1, -0.05) is 121 Å². The van der Waals surface area contributed by atoms with Gasteiger partial charge >= 0.3 is 0 Å². The number of hydrogen-bond acceptors (Lipinski definition) is 4. The fourth-order valence-corrected chi connectivity index (χ4v) is 7.80. The molecule has 0 saturated carbocycles. The van der Waals surface area contributed by atoms with E-state index >= 15 is 0 Å². The second-order valence-corrected chi connectivity index (χ2v) is 12.4. The molecule has 48 heavy (non-hydrogen) atoms. The van der Waals surface area contributed by atoms with Gasteiger partial charge in [-0.15, -0.1) is 0 Å². The Bertz CT molecular complexity index is 3100. The summed E-state index contributed by atoms with van der Waals surface area (Å²) in [5, 5.41) is 11.1. The highest BCUT2D eigenvalue weighted by atomic mass is 16.3. The average molecular weight is 613 g/mol. The maximum Gasteiger partial charge on any atom is 0.147 e. The molecule has 0 unspecified atom stereocenters. The highest BCUT2D eigenvalue weighted by molar-refractivity contribution is 6.25. The molecule has 0 aliphatic heterocycles. The molecule has 0 atom stereocenters. The van der Waals surface area contributed by atoms with E-state index < -0.39 is 0 Å². The van der Waals surface area contributed by atoms with Gasteiger partial charge in [-0.2, -0.15) is 0 Å². The Morgan fingerprint density at radius 1 is 0.354 bits per heavy atom. The summed E-state index contributed by atoms with van der Waals surface area (Å²) < 4.78 is 13.0. The molecule has 3 aromatic heterocycles. The van der Waals surface area contributed by atoms with Crippen LogP contribution in [0.25, 0.3) is 110 Å². The normalized spacial score (nSPS) is 12.2. The van der Waals surface area contributed by atoms with Gasteiger partial charge in [-0.25, -0.2) is 4.98 Å². The number of fused-ring (bicyclic) bond motifs is 14. The fourth-order valence-electron chi connectivity index (χ4n) is 7.80. The molecular formula is C44H24N2O2. The molecule has 0 aliphatic rings. The number of para-hydroxylation sites is 2. The van der Waals surface area contributed by atoms with Gasteiger partial charge in [-0.3, -0.25) is 4.98 Å². The van der Waals surface area contributed by atoms with Gasteiger partial charge < -0.3 is 8.83 Å². The van der Waals surface area contributed by atoms with Gasteiger partial charge in [0.1, 0.15) is 22.3 Å². The van der Waals surface area contributed by atoms with E-state index in [9.17, 15) is 0 Å². The Morgan fingerprint density at radius 2 is 0.938 bits per heavy atom. The zero-order chi connectivity index (χ0) is 31.3. The van der Waals surface area contributed by atoms with E-state index in [1.807, 2.05) is 24.4 Å². The lowest BCUT2D eigenvalue weighted by atomic mass is 9.93. The minimum Gasteiger partial charge on any atom is -0.456 e. The summed E-state index contributed by atoms with van der Waals surface area (Å²) in [4.78, 5) is 10.4. The number of hydrogen-bond donors (Lipinski definition) is 0. The lowest BCUT2D eigenvalue weighted by molar-refractivity contribution is 0.663. The average Bonchev–Trinajstić information content (AvgIpc) is 3.73. The molecule has 0 amide bonds. The van der Waals surface area contributed by atoms with Gasteiger partial charge in [0.25, 0.3) is 0 Å². The van der Waals surface area contributed by atoms with Crippen LogP contribution in [0.3, 0.4) is 0 Å². The van der Waals surface area contributed by atoms with Crippen LogP contribution in [0.2, 0.25) is 0 Å². The lowest BCUT2D eigenvalue weighted by Gasteiger charge is -2.13. The quantitative estimate of drug-likeness (QED) is 0.182. The van der Waals surface area contributed by atoms with Crippen molar-refractivity contribution in [2.75, 3.05) is 0 Å². The molecule has 11 rings (SSSR count). The molecule has 4 nitrogen and oxygen atoms in total. The first kappa shape index (κ1) is 25.6. The van der Waals surface area contributed by atoms with Crippen LogP contribution in [0.1, 0.15) is 0 Å². The standard InChI is InChI=1S/C44H24N2O2/c1-3-12-31-27(10-1)28-11-2-4-13-32(28)42-41(31)45-24-37(46-42)30-18-8-15-25-26(30)16-7-17-29(25)33-19-9-20-34-35-22-23-39-40(44(35)48-43(33)34)36-14-5-6-21-38(36)47-39/h1-24H. The van der Waals surface area contributed by atoms with E-state index in [2.05, 4.69) is 121 Å². The molecular weight excluding hydrogens is 588 g/mol. The van der Waals surface area contributed by atoms with Crippen molar-refractivity contribution in [3.05, 3.63) is 146 Å². The third kappa shape index (κ3) is 3.43. The van der Waals surface area contributed by atoms with Crippen LogP contribution in [0, 0.1) is 0 Å². The van der Waals surface area contributed by atoms with Crippen molar-refractivity contribution in [2.24, 2.45) is 0 Å². The summed E-state index contributed by atoms with van der Waals surface area (Å²) in [5.74, 6) is 0. The zero-order valence-electron chi connectivity index (χ0n) is 25.6. The van der Waals surface area contributed by atoms with E-state index in [1.54, 1.807) is 0 Å². The van der Waals surface area contributed by atoms with E-state index in [1.165, 1.54) is 10.8 Å². The van der Waals surface area contributed by atoms with E-state index in [4.69, 9.17) is 18.8 Å². The third-order valence-corrected chi connectivity index (χ3v) is 9.92. The van der Waals surface area contributed by atoms with Crippen molar-refractivity contribution in [1.29, 1.82) is 0 Å². The predicted octanol–water partition coefficient (Wildman–Crippen LogP) is 12.2. The molecule has 8 aromatic carbocycles. The summed E-state index contributed by atoms with van der Waals surface area (Å²) in [7, 11) is 0. The Morgan fingerprint density at radius 3 is 1.73 bits per heavy atom. The number of aromatic nitrogens is 2. The second kappa shape index (κ2) is 9.50. The van der Waals surface area contributed by atoms with Gasteiger partial charge in [0, 0.05) is 38.1 Å². The molecule has 0 N–H and O–H groups in total. The Hall–Kier alpha value is -6.52. The van der Waals surface area contributed by atoms with Crippen LogP contribution in [0.4, 0.5) is 0 Å². The molecule has 0 bridgehead atoms. The van der Waals surface area contributed by atoms with Crippen molar-refractivity contribution in [3.8, 4) is 22.4 Å². The maximum absolute atomic E-state index is 6.82. The number of benzene rings is 8. The molecule has 0 radical (unpaired) electrons. The molecule has 0 spiro atoms. The van der Waals surface area contributed by atoms with Crippen molar-refractivity contribution in [3.63, 3.8) is 0 Å². The van der Waals surface area contributed by atoms with E-state index in [-0.39, 0.29) is 0 Å². The zero-order valence-corrected chi connectivity index (χ0v) is 25.6. The van der Waals surface area contributed by atoms with Gasteiger partial charge in [0.15, 0.2) is 0 Å². The number of furan rings is 2. The van der Waals surface area contributed by atoms with Crippen LogP contribution in [0.15, 0.2) is 155 Å². The first-order valence-corrected chi connectivity index (χ1v) is 16.2. The van der Waals surface area contributed by atoms with E-state index in [0.29, 0.717) is 0 Å². The summed E-state index contributed by atoms with van der Waals surface area (Å²) in [6, 6.07) is 48.6. The molecule has 4 heteroatoms. The molecule has 3 heterocycles. The fraction of sp³-hybridized carbons (Fsp3) is 0. The summed E-state index contributed by atoms with van der Waals surface area (Å²) in [5.41, 5.74) is 9.30. The molecule has 0 fully saturated rings. The van der Waals surface area contributed by atoms with Crippen LogP contribution in [-0.2, 0) is 0 Å². The molecule has 222 valence electrons. The monoisotopic (exact) mass is 612 g/mol. The highest BCUT2D eigenvalue weighted by Gasteiger charge is 2.20. The second-order valence-electron chi connectivity index (χ2n) is 12.4. The van der Waals surface area contributed by atoms with Gasteiger partial charge in [0.05, 0.1) is 28.3 Å². The number of rotatable bonds is 2. The third-order valence-electron chi connectivity index (χ3n) is 9.92. The highest BCUT2D eigenvalue weighted by Crippen LogP contribution is 2.44. The SMILES string of the molecule is c1ccc2c(c1)oc1ccc3c4cccc(-c5cccc6c(-c7cnc8c9ccccc9c9ccccc9c8n7)cccc56)c4oc3c12. The topological polar surface area (TPSA) is 52.1 Å². The first-order chi connectivity index (χ1) is 23.8. The molecule has 0 aliphatic carbocycles. The Balaban J connectivity index is 1.15. The Kier molecular flexibility index (Phi) is 5.08. The molecule has 11 aromatic rings. The first-order valence-electron chi connectivity index (χ1n) is 16.2.